The Kier molecular flexibility index (Phi) is 3.57. The number of amidine groups is 1. The number of rotatable bonds is 2. The van der Waals surface area contributed by atoms with E-state index in [9.17, 15) is 0 Å². The summed E-state index contributed by atoms with van der Waals surface area (Å²) in [5.74, 6) is 2.48. The van der Waals surface area contributed by atoms with E-state index in [4.69, 9.17) is 5.73 Å². The summed E-state index contributed by atoms with van der Waals surface area (Å²) in [7, 11) is 0. The van der Waals surface area contributed by atoms with Gasteiger partial charge in [0.1, 0.15) is 0 Å². The Bertz CT molecular complexity index is 213. The molecule has 14 heavy (non-hydrogen) atoms. The van der Waals surface area contributed by atoms with Crippen molar-refractivity contribution >= 4 is 5.84 Å². The summed E-state index contributed by atoms with van der Waals surface area (Å²) in [6.45, 7) is 9.61. The van der Waals surface area contributed by atoms with Crippen LogP contribution in [0.1, 0.15) is 47.0 Å². The van der Waals surface area contributed by atoms with Crippen LogP contribution in [0.2, 0.25) is 0 Å². The predicted octanol–water partition coefficient (Wildman–Crippen LogP) is 2.83. The van der Waals surface area contributed by atoms with Crippen LogP contribution in [0.15, 0.2) is 4.99 Å². The fraction of sp³-hybridized carbons (Fsp3) is 0.917. The first-order valence-electron chi connectivity index (χ1n) is 5.70. The molecule has 0 bridgehead atoms. The minimum atomic E-state index is 0.0320. The van der Waals surface area contributed by atoms with Crippen LogP contribution in [0.4, 0.5) is 0 Å². The van der Waals surface area contributed by atoms with Crippen molar-refractivity contribution in [3.05, 3.63) is 0 Å². The third kappa shape index (κ3) is 3.32. The van der Waals surface area contributed by atoms with Crippen LogP contribution in [-0.2, 0) is 0 Å². The maximum atomic E-state index is 5.91. The smallest absolute Gasteiger partial charge is 0.0991 e. The van der Waals surface area contributed by atoms with Crippen LogP contribution in [0.25, 0.3) is 0 Å². The number of aliphatic imine (C=N–C) groups is 1. The molecular formula is C12H24N2. The molecule has 2 unspecified atom stereocenters. The zero-order valence-corrected chi connectivity index (χ0v) is 10.0. The summed E-state index contributed by atoms with van der Waals surface area (Å²) in [4.78, 5) is 4.51. The van der Waals surface area contributed by atoms with Gasteiger partial charge < -0.3 is 5.73 Å². The van der Waals surface area contributed by atoms with Crippen LogP contribution < -0.4 is 5.73 Å². The van der Waals surface area contributed by atoms with Gasteiger partial charge in [-0.25, -0.2) is 0 Å². The Labute approximate surface area is 88.0 Å². The Hall–Kier alpha value is -0.530. The first-order valence-corrected chi connectivity index (χ1v) is 5.70. The Morgan fingerprint density at radius 3 is 2.43 bits per heavy atom. The van der Waals surface area contributed by atoms with Crippen LogP contribution in [0.3, 0.4) is 0 Å². The van der Waals surface area contributed by atoms with E-state index in [2.05, 4.69) is 32.7 Å². The third-order valence-electron chi connectivity index (χ3n) is 3.09. The molecule has 1 fully saturated rings. The Morgan fingerprint density at radius 2 is 2.00 bits per heavy atom. The van der Waals surface area contributed by atoms with Gasteiger partial charge in [-0.3, -0.25) is 4.99 Å². The second kappa shape index (κ2) is 4.33. The number of nitrogens with two attached hydrogens (primary N) is 1. The van der Waals surface area contributed by atoms with Crippen molar-refractivity contribution in [3.8, 4) is 0 Å². The SMILES string of the molecule is CC1CCC(CN=C(N)C(C)(C)C)C1. The first-order chi connectivity index (χ1) is 6.39. The molecule has 0 radical (unpaired) electrons. The van der Waals surface area contributed by atoms with E-state index in [1.54, 1.807) is 0 Å². The minimum absolute atomic E-state index is 0.0320. The Balaban J connectivity index is 2.39. The molecule has 2 N–H and O–H groups in total. The average molecular weight is 196 g/mol. The zero-order chi connectivity index (χ0) is 10.8. The van der Waals surface area contributed by atoms with Gasteiger partial charge in [0, 0.05) is 12.0 Å². The molecular weight excluding hydrogens is 172 g/mol. The molecule has 1 rings (SSSR count). The van der Waals surface area contributed by atoms with Crippen LogP contribution in [0, 0.1) is 17.3 Å². The van der Waals surface area contributed by atoms with Gasteiger partial charge >= 0.3 is 0 Å². The molecule has 1 aliphatic carbocycles. The van der Waals surface area contributed by atoms with E-state index in [1.807, 2.05) is 0 Å². The molecule has 2 heteroatoms. The predicted molar refractivity (Wildman–Crippen MR) is 62.4 cm³/mol. The van der Waals surface area contributed by atoms with Crippen molar-refractivity contribution in [2.75, 3.05) is 6.54 Å². The minimum Gasteiger partial charge on any atom is -0.387 e. The zero-order valence-electron chi connectivity index (χ0n) is 10.0. The van der Waals surface area contributed by atoms with Crippen molar-refractivity contribution in [3.63, 3.8) is 0 Å². The second-order valence-electron chi connectivity index (χ2n) is 5.76. The lowest BCUT2D eigenvalue weighted by atomic mass is 9.95. The average Bonchev–Trinajstić information content (AvgIpc) is 2.45. The van der Waals surface area contributed by atoms with E-state index in [1.165, 1.54) is 19.3 Å². The monoisotopic (exact) mass is 196 g/mol. The van der Waals surface area contributed by atoms with Crippen molar-refractivity contribution in [2.45, 2.75) is 47.0 Å². The van der Waals surface area contributed by atoms with E-state index in [0.717, 1.165) is 24.2 Å². The molecule has 0 aromatic heterocycles. The van der Waals surface area contributed by atoms with Crippen molar-refractivity contribution in [1.29, 1.82) is 0 Å². The summed E-state index contributed by atoms with van der Waals surface area (Å²) < 4.78 is 0. The largest absolute Gasteiger partial charge is 0.387 e. The van der Waals surface area contributed by atoms with Crippen LogP contribution in [0.5, 0.6) is 0 Å². The van der Waals surface area contributed by atoms with E-state index >= 15 is 0 Å². The van der Waals surface area contributed by atoms with Gasteiger partial charge in [-0.1, -0.05) is 34.1 Å². The number of hydrogen-bond acceptors (Lipinski definition) is 1. The van der Waals surface area contributed by atoms with E-state index in [-0.39, 0.29) is 5.41 Å². The molecule has 0 saturated heterocycles. The van der Waals surface area contributed by atoms with E-state index in [0.29, 0.717) is 0 Å². The summed E-state index contributed by atoms with van der Waals surface area (Å²) in [5, 5.41) is 0. The maximum Gasteiger partial charge on any atom is 0.0991 e. The van der Waals surface area contributed by atoms with Gasteiger partial charge in [-0.15, -0.1) is 0 Å². The maximum absolute atomic E-state index is 5.91. The lowest BCUT2D eigenvalue weighted by Gasteiger charge is -2.18. The summed E-state index contributed by atoms with van der Waals surface area (Å²) >= 11 is 0. The molecule has 0 aromatic rings. The fourth-order valence-electron chi connectivity index (χ4n) is 1.96. The topological polar surface area (TPSA) is 38.4 Å². The van der Waals surface area contributed by atoms with Gasteiger partial charge in [0.05, 0.1) is 5.84 Å². The fourth-order valence-corrected chi connectivity index (χ4v) is 1.96. The molecule has 0 aromatic carbocycles. The summed E-state index contributed by atoms with van der Waals surface area (Å²) in [6, 6.07) is 0. The molecule has 0 amide bonds. The highest BCUT2D eigenvalue weighted by Crippen LogP contribution is 2.30. The highest BCUT2D eigenvalue weighted by Gasteiger charge is 2.22. The third-order valence-corrected chi connectivity index (χ3v) is 3.09. The second-order valence-corrected chi connectivity index (χ2v) is 5.76. The molecule has 0 aliphatic heterocycles. The normalized spacial score (nSPS) is 29.6. The molecule has 82 valence electrons. The van der Waals surface area contributed by atoms with Crippen LogP contribution in [-0.4, -0.2) is 12.4 Å². The Morgan fingerprint density at radius 1 is 1.36 bits per heavy atom. The van der Waals surface area contributed by atoms with Crippen molar-refractivity contribution in [1.82, 2.24) is 0 Å². The van der Waals surface area contributed by atoms with E-state index < -0.39 is 0 Å². The van der Waals surface area contributed by atoms with Gasteiger partial charge in [0.2, 0.25) is 0 Å². The van der Waals surface area contributed by atoms with Gasteiger partial charge in [-0.2, -0.15) is 0 Å². The molecule has 2 atom stereocenters. The molecule has 1 aliphatic rings. The molecule has 0 spiro atoms. The van der Waals surface area contributed by atoms with Crippen molar-refractivity contribution < 1.29 is 0 Å². The van der Waals surface area contributed by atoms with Crippen LogP contribution >= 0.6 is 0 Å². The standard InChI is InChI=1S/C12H24N2/c1-9-5-6-10(7-9)8-14-11(13)12(2,3)4/h9-10H,5-8H2,1-4H3,(H2,13,14). The van der Waals surface area contributed by atoms with Crippen molar-refractivity contribution in [2.24, 2.45) is 28.0 Å². The van der Waals surface area contributed by atoms with Gasteiger partial charge in [-0.05, 0) is 24.7 Å². The molecule has 0 heterocycles. The highest BCUT2D eigenvalue weighted by atomic mass is 14.9. The number of nitrogens with zero attached hydrogens (tertiary/aromatic N) is 1. The first kappa shape index (κ1) is 11.5. The number of hydrogen-bond donors (Lipinski definition) is 1. The lowest BCUT2D eigenvalue weighted by Crippen LogP contribution is -2.29. The summed E-state index contributed by atoms with van der Waals surface area (Å²) in [6.07, 6.45) is 4.04. The summed E-state index contributed by atoms with van der Waals surface area (Å²) in [5.41, 5.74) is 5.95. The lowest BCUT2D eigenvalue weighted by molar-refractivity contribution is 0.517. The molecule has 2 nitrogen and oxygen atoms in total. The highest BCUT2D eigenvalue weighted by molar-refractivity contribution is 5.85. The quantitative estimate of drug-likeness (QED) is 0.535. The molecule has 1 saturated carbocycles. The van der Waals surface area contributed by atoms with Gasteiger partial charge in [0.15, 0.2) is 0 Å². The van der Waals surface area contributed by atoms with Gasteiger partial charge in [0.25, 0.3) is 0 Å².